The third-order valence-corrected chi connectivity index (χ3v) is 5.80. The molecule has 4 rings (SSSR count). The summed E-state index contributed by atoms with van der Waals surface area (Å²) in [5.41, 5.74) is 2.15. The monoisotopic (exact) mass is 350 g/mol. The quantitative estimate of drug-likeness (QED) is 0.643. The van der Waals surface area contributed by atoms with E-state index in [0.29, 0.717) is 0 Å². The number of hydrogen-bond acceptors (Lipinski definition) is 1. The van der Waals surface area contributed by atoms with Gasteiger partial charge < -0.3 is 4.48 Å². The van der Waals surface area contributed by atoms with Gasteiger partial charge >= 0.3 is 0 Å². The van der Waals surface area contributed by atoms with Gasteiger partial charge in [0, 0.05) is 13.0 Å². The summed E-state index contributed by atoms with van der Waals surface area (Å²) in [4.78, 5) is 13.0. The molecule has 0 N–H and O–H groups in total. The molecule has 2 aromatic carbocycles. The molecule has 1 saturated heterocycles. The molecular weight excluding hydrogens is 322 g/mol. The maximum atomic E-state index is 13.0. The van der Waals surface area contributed by atoms with Gasteiger partial charge in [0.2, 0.25) is 0 Å². The lowest BCUT2D eigenvalue weighted by atomic mass is 10.1. The van der Waals surface area contributed by atoms with Crippen LogP contribution in [-0.2, 0) is 6.54 Å². The van der Waals surface area contributed by atoms with E-state index in [1.165, 1.54) is 32.4 Å². The van der Waals surface area contributed by atoms with Crippen molar-refractivity contribution in [3.63, 3.8) is 0 Å². The van der Waals surface area contributed by atoms with Gasteiger partial charge in [-0.3, -0.25) is 9.48 Å². The highest BCUT2D eigenvalue weighted by atomic mass is 16.1. The minimum Gasteiger partial charge on any atom is -0.326 e. The highest BCUT2D eigenvalue weighted by Crippen LogP contribution is 2.19. The van der Waals surface area contributed by atoms with Crippen LogP contribution in [0.15, 0.2) is 59.4 Å². The first kappa shape index (κ1) is 17.1. The van der Waals surface area contributed by atoms with Crippen LogP contribution in [0.4, 0.5) is 0 Å². The van der Waals surface area contributed by atoms with E-state index in [1.807, 2.05) is 47.1 Å². The van der Waals surface area contributed by atoms with Crippen molar-refractivity contribution < 1.29 is 4.48 Å². The summed E-state index contributed by atoms with van der Waals surface area (Å²) >= 11 is 0. The van der Waals surface area contributed by atoms with Crippen LogP contribution in [0, 0.1) is 0 Å². The van der Waals surface area contributed by atoms with Crippen LogP contribution < -0.4 is 5.56 Å². The number of hydrogen-bond donors (Lipinski definition) is 0. The Bertz CT molecular complexity index is 933. The Morgan fingerprint density at radius 1 is 0.923 bits per heavy atom. The SMILES string of the molecule is C[N+]1(CCCn2c(=O)c3ccccc3n2-c2ccccc2)CCCCC1. The van der Waals surface area contributed by atoms with Crippen LogP contribution in [0.25, 0.3) is 16.6 Å². The smallest absolute Gasteiger partial charge is 0.274 e. The van der Waals surface area contributed by atoms with E-state index in [9.17, 15) is 4.79 Å². The lowest BCUT2D eigenvalue weighted by Crippen LogP contribution is -2.48. The van der Waals surface area contributed by atoms with E-state index in [0.717, 1.165) is 40.6 Å². The van der Waals surface area contributed by atoms with Gasteiger partial charge in [-0.1, -0.05) is 30.3 Å². The van der Waals surface area contributed by atoms with Gasteiger partial charge in [0.1, 0.15) is 0 Å². The number of para-hydroxylation sites is 2. The normalized spacial score (nSPS) is 16.8. The number of likely N-dealkylation sites (tertiary alicyclic amines) is 1. The van der Waals surface area contributed by atoms with Gasteiger partial charge in [-0.25, -0.2) is 4.68 Å². The number of rotatable bonds is 5. The van der Waals surface area contributed by atoms with Crippen LogP contribution in [0.1, 0.15) is 25.7 Å². The molecule has 1 aliphatic heterocycles. The number of quaternary nitrogens is 1. The van der Waals surface area contributed by atoms with E-state index in [-0.39, 0.29) is 5.56 Å². The minimum atomic E-state index is 0.116. The first-order valence-corrected chi connectivity index (χ1v) is 9.78. The molecule has 0 aliphatic carbocycles. The zero-order valence-corrected chi connectivity index (χ0v) is 15.6. The van der Waals surface area contributed by atoms with E-state index < -0.39 is 0 Å². The Labute approximate surface area is 154 Å². The Balaban J connectivity index is 1.66. The first-order valence-electron chi connectivity index (χ1n) is 9.78. The van der Waals surface area contributed by atoms with Crippen LogP contribution >= 0.6 is 0 Å². The van der Waals surface area contributed by atoms with Crippen LogP contribution in [0.3, 0.4) is 0 Å². The Morgan fingerprint density at radius 2 is 1.62 bits per heavy atom. The van der Waals surface area contributed by atoms with Gasteiger partial charge in [-0.2, -0.15) is 0 Å². The zero-order valence-electron chi connectivity index (χ0n) is 15.6. The topological polar surface area (TPSA) is 26.9 Å². The highest BCUT2D eigenvalue weighted by Gasteiger charge is 2.24. The summed E-state index contributed by atoms with van der Waals surface area (Å²) in [6.45, 7) is 4.45. The number of benzene rings is 2. The summed E-state index contributed by atoms with van der Waals surface area (Å²) in [5.74, 6) is 0. The second kappa shape index (κ2) is 7.12. The fraction of sp³-hybridized carbons (Fsp3) is 0.409. The summed E-state index contributed by atoms with van der Waals surface area (Å²) in [5, 5.41) is 0.801. The van der Waals surface area contributed by atoms with Gasteiger partial charge in [-0.15, -0.1) is 0 Å². The molecule has 3 aromatic rings. The average molecular weight is 350 g/mol. The van der Waals surface area contributed by atoms with Crippen molar-refractivity contribution in [2.45, 2.75) is 32.2 Å². The molecular formula is C22H28N3O+. The molecule has 136 valence electrons. The molecule has 4 nitrogen and oxygen atoms in total. The van der Waals surface area contributed by atoms with E-state index in [1.54, 1.807) is 0 Å². The number of nitrogens with zero attached hydrogens (tertiary/aromatic N) is 3. The minimum absolute atomic E-state index is 0.116. The largest absolute Gasteiger partial charge is 0.326 e. The number of piperidine rings is 1. The molecule has 0 spiro atoms. The van der Waals surface area contributed by atoms with Crippen LogP contribution in [-0.4, -0.2) is 40.5 Å². The maximum Gasteiger partial charge on any atom is 0.274 e. The molecule has 4 heteroatoms. The Kier molecular flexibility index (Phi) is 4.68. The summed E-state index contributed by atoms with van der Waals surface area (Å²) < 4.78 is 5.17. The number of aromatic nitrogens is 2. The van der Waals surface area contributed by atoms with Crippen molar-refractivity contribution in [2.24, 2.45) is 0 Å². The van der Waals surface area contributed by atoms with Gasteiger partial charge in [-0.05, 0) is 43.5 Å². The molecule has 0 unspecified atom stereocenters. The summed E-state index contributed by atoms with van der Waals surface area (Å²) in [7, 11) is 2.37. The van der Waals surface area contributed by atoms with Gasteiger partial charge in [0.05, 0.1) is 43.3 Å². The fourth-order valence-corrected chi connectivity index (χ4v) is 4.35. The predicted molar refractivity (Wildman–Crippen MR) is 107 cm³/mol. The highest BCUT2D eigenvalue weighted by molar-refractivity contribution is 5.80. The van der Waals surface area contributed by atoms with Crippen molar-refractivity contribution in [1.82, 2.24) is 9.36 Å². The molecule has 0 atom stereocenters. The molecule has 2 heterocycles. The van der Waals surface area contributed by atoms with Crippen LogP contribution in [0.2, 0.25) is 0 Å². The van der Waals surface area contributed by atoms with E-state index in [4.69, 9.17) is 0 Å². The number of fused-ring (bicyclic) bond motifs is 1. The van der Waals surface area contributed by atoms with Gasteiger partial charge in [0.15, 0.2) is 0 Å². The zero-order chi connectivity index (χ0) is 18.0. The average Bonchev–Trinajstić information content (AvgIpc) is 2.95. The molecule has 1 aliphatic rings. The molecule has 0 amide bonds. The molecule has 1 fully saturated rings. The van der Waals surface area contributed by atoms with Crippen molar-refractivity contribution in [2.75, 3.05) is 26.7 Å². The second-order valence-electron chi connectivity index (χ2n) is 7.80. The van der Waals surface area contributed by atoms with Crippen molar-refractivity contribution in [1.29, 1.82) is 0 Å². The summed E-state index contributed by atoms with van der Waals surface area (Å²) in [6, 6.07) is 18.1. The lowest BCUT2D eigenvalue weighted by Gasteiger charge is -2.37. The third kappa shape index (κ3) is 3.21. The third-order valence-electron chi connectivity index (χ3n) is 5.80. The predicted octanol–water partition coefficient (Wildman–Crippen LogP) is 3.81. The lowest BCUT2D eigenvalue weighted by molar-refractivity contribution is -0.914. The van der Waals surface area contributed by atoms with Crippen LogP contribution in [0.5, 0.6) is 0 Å². The Hall–Kier alpha value is -2.33. The second-order valence-corrected chi connectivity index (χ2v) is 7.80. The molecule has 26 heavy (non-hydrogen) atoms. The van der Waals surface area contributed by atoms with Crippen molar-refractivity contribution in [3.05, 3.63) is 65.0 Å². The Morgan fingerprint density at radius 3 is 2.38 bits per heavy atom. The van der Waals surface area contributed by atoms with E-state index in [2.05, 4.69) is 23.9 Å². The summed E-state index contributed by atoms with van der Waals surface area (Å²) in [6.07, 6.45) is 5.07. The molecule has 1 aromatic heterocycles. The van der Waals surface area contributed by atoms with Gasteiger partial charge in [0.25, 0.3) is 5.56 Å². The molecule has 0 radical (unpaired) electrons. The van der Waals surface area contributed by atoms with Crippen molar-refractivity contribution in [3.8, 4) is 5.69 Å². The standard InChI is InChI=1S/C22H28N3O/c1-25(16-8-3-9-17-25)18-10-15-23-22(26)20-13-6-7-14-21(20)24(23)19-11-4-2-5-12-19/h2,4-7,11-14H,3,8-10,15-18H2,1H3/q+1. The molecule has 0 saturated carbocycles. The van der Waals surface area contributed by atoms with E-state index >= 15 is 0 Å². The maximum absolute atomic E-state index is 13.0. The first-order chi connectivity index (χ1) is 12.7. The molecule has 0 bridgehead atoms. The van der Waals surface area contributed by atoms with Crippen molar-refractivity contribution >= 4 is 10.9 Å². The fourth-order valence-electron chi connectivity index (χ4n) is 4.35.